The van der Waals surface area contributed by atoms with E-state index in [0.717, 1.165) is 12.8 Å². The fourth-order valence-electron chi connectivity index (χ4n) is 2.77. The van der Waals surface area contributed by atoms with Gasteiger partial charge in [0.1, 0.15) is 11.9 Å². The highest BCUT2D eigenvalue weighted by Gasteiger charge is 2.34. The van der Waals surface area contributed by atoms with Gasteiger partial charge in [0.15, 0.2) is 0 Å². The summed E-state index contributed by atoms with van der Waals surface area (Å²) in [7, 11) is -3.21. The average molecular weight is 312 g/mol. The van der Waals surface area contributed by atoms with Gasteiger partial charge in [0, 0.05) is 19.3 Å². The standard InChI is InChI=1S/C14H20N2O4S/c17-21(18,11-12-4-7-19-10-12)16-6-3-14(9-16)20-13-2-1-5-15-8-13/h1-2,5,8,12,14H,3-4,6-7,9-11H2/t12-,14-/m1/s1. The van der Waals surface area contributed by atoms with Crippen molar-refractivity contribution in [1.82, 2.24) is 9.29 Å². The maximum Gasteiger partial charge on any atom is 0.214 e. The number of ether oxygens (including phenoxy) is 2. The predicted octanol–water partition coefficient (Wildman–Crippen LogP) is 0.901. The van der Waals surface area contributed by atoms with E-state index in [1.165, 1.54) is 0 Å². The molecule has 6 nitrogen and oxygen atoms in total. The van der Waals surface area contributed by atoms with Crippen molar-refractivity contribution in [3.63, 3.8) is 0 Å². The number of sulfonamides is 1. The van der Waals surface area contributed by atoms with Gasteiger partial charge in [0.05, 0.1) is 25.1 Å². The van der Waals surface area contributed by atoms with E-state index in [-0.39, 0.29) is 17.8 Å². The van der Waals surface area contributed by atoms with Crippen molar-refractivity contribution in [2.24, 2.45) is 5.92 Å². The molecule has 116 valence electrons. The van der Waals surface area contributed by atoms with E-state index in [4.69, 9.17) is 9.47 Å². The molecule has 0 N–H and O–H groups in total. The predicted molar refractivity (Wildman–Crippen MR) is 77.6 cm³/mol. The second kappa shape index (κ2) is 6.29. The van der Waals surface area contributed by atoms with Crippen molar-refractivity contribution in [3.05, 3.63) is 24.5 Å². The normalized spacial score (nSPS) is 27.0. The van der Waals surface area contributed by atoms with Crippen molar-refractivity contribution in [1.29, 1.82) is 0 Å². The highest BCUT2D eigenvalue weighted by molar-refractivity contribution is 7.89. The summed E-state index contributed by atoms with van der Waals surface area (Å²) in [6.07, 6.45) is 4.79. The lowest BCUT2D eigenvalue weighted by molar-refractivity contribution is 0.188. The Kier molecular flexibility index (Phi) is 4.42. The second-order valence-corrected chi connectivity index (χ2v) is 7.60. The van der Waals surface area contributed by atoms with Crippen LogP contribution < -0.4 is 4.74 Å². The van der Waals surface area contributed by atoms with Gasteiger partial charge in [-0.2, -0.15) is 4.31 Å². The molecule has 3 heterocycles. The molecular formula is C14H20N2O4S. The van der Waals surface area contributed by atoms with E-state index in [2.05, 4.69) is 4.98 Å². The minimum absolute atomic E-state index is 0.0937. The highest BCUT2D eigenvalue weighted by Crippen LogP contribution is 2.22. The summed E-state index contributed by atoms with van der Waals surface area (Å²) < 4.78 is 37.4. The first-order valence-electron chi connectivity index (χ1n) is 7.26. The first-order valence-corrected chi connectivity index (χ1v) is 8.87. The topological polar surface area (TPSA) is 68.7 Å². The highest BCUT2D eigenvalue weighted by atomic mass is 32.2. The molecule has 1 aromatic heterocycles. The summed E-state index contributed by atoms with van der Waals surface area (Å²) >= 11 is 0. The Morgan fingerprint density at radius 3 is 3.05 bits per heavy atom. The van der Waals surface area contributed by atoms with E-state index < -0.39 is 10.0 Å². The van der Waals surface area contributed by atoms with Crippen LogP contribution in [0.2, 0.25) is 0 Å². The minimum atomic E-state index is -3.21. The summed E-state index contributed by atoms with van der Waals surface area (Å²) in [5.74, 6) is 1.01. The van der Waals surface area contributed by atoms with Gasteiger partial charge in [0.2, 0.25) is 10.0 Å². The Morgan fingerprint density at radius 2 is 2.33 bits per heavy atom. The monoisotopic (exact) mass is 312 g/mol. The van der Waals surface area contributed by atoms with Crippen LogP contribution in [0, 0.1) is 5.92 Å². The van der Waals surface area contributed by atoms with E-state index in [9.17, 15) is 8.42 Å². The summed E-state index contributed by atoms with van der Waals surface area (Å²) in [6, 6.07) is 3.64. The van der Waals surface area contributed by atoms with Crippen LogP contribution in [0.3, 0.4) is 0 Å². The van der Waals surface area contributed by atoms with Crippen LogP contribution in [-0.4, -0.2) is 55.9 Å². The third-order valence-electron chi connectivity index (χ3n) is 3.91. The number of hydrogen-bond donors (Lipinski definition) is 0. The Hall–Kier alpha value is -1.18. The van der Waals surface area contributed by atoms with Crippen molar-refractivity contribution in [3.8, 4) is 5.75 Å². The molecule has 7 heteroatoms. The SMILES string of the molecule is O=S(=O)(C[C@@H]1CCOC1)N1CC[C@@H](Oc2cccnc2)C1. The van der Waals surface area contributed by atoms with Gasteiger partial charge in [-0.1, -0.05) is 0 Å². The third-order valence-corrected chi connectivity index (χ3v) is 5.92. The molecule has 0 saturated carbocycles. The average Bonchev–Trinajstić information content (AvgIpc) is 3.11. The molecule has 0 spiro atoms. The zero-order chi connectivity index (χ0) is 14.7. The molecule has 1 aromatic rings. The van der Waals surface area contributed by atoms with Crippen LogP contribution in [0.25, 0.3) is 0 Å². The Bertz CT molecular complexity index is 558. The molecule has 2 saturated heterocycles. The van der Waals surface area contributed by atoms with Gasteiger partial charge in [-0.05, 0) is 30.9 Å². The van der Waals surface area contributed by atoms with Crippen LogP contribution in [0.4, 0.5) is 0 Å². The summed E-state index contributed by atoms with van der Waals surface area (Å²) in [5.41, 5.74) is 0. The molecule has 0 aromatic carbocycles. The number of rotatable bonds is 5. The maximum atomic E-state index is 12.4. The van der Waals surface area contributed by atoms with Gasteiger partial charge in [-0.3, -0.25) is 4.98 Å². The first-order chi connectivity index (χ1) is 10.1. The van der Waals surface area contributed by atoms with Gasteiger partial charge < -0.3 is 9.47 Å². The summed E-state index contributed by atoms with van der Waals surface area (Å²) in [4.78, 5) is 3.99. The molecule has 2 aliphatic heterocycles. The molecule has 2 aliphatic rings. The maximum absolute atomic E-state index is 12.4. The second-order valence-electron chi connectivity index (χ2n) is 5.58. The fourth-order valence-corrected chi connectivity index (χ4v) is 4.62. The molecule has 0 amide bonds. The lowest BCUT2D eigenvalue weighted by Gasteiger charge is -2.18. The molecular weight excluding hydrogens is 292 g/mol. The summed E-state index contributed by atoms with van der Waals surface area (Å²) in [6.45, 7) is 2.18. The van der Waals surface area contributed by atoms with Crippen molar-refractivity contribution >= 4 is 10.0 Å². The first kappa shape index (κ1) is 14.7. The minimum Gasteiger partial charge on any atom is -0.487 e. The number of pyridine rings is 1. The van der Waals surface area contributed by atoms with Crippen LogP contribution in [0.5, 0.6) is 5.75 Å². The smallest absolute Gasteiger partial charge is 0.214 e. The lowest BCUT2D eigenvalue weighted by atomic mass is 10.2. The molecule has 2 fully saturated rings. The molecule has 2 atom stereocenters. The number of aromatic nitrogens is 1. The zero-order valence-corrected chi connectivity index (χ0v) is 12.7. The molecule has 3 rings (SSSR count). The molecule has 0 unspecified atom stereocenters. The zero-order valence-electron chi connectivity index (χ0n) is 11.8. The van der Waals surface area contributed by atoms with Crippen LogP contribution in [0.1, 0.15) is 12.8 Å². The third kappa shape index (κ3) is 3.72. The van der Waals surface area contributed by atoms with E-state index in [1.807, 2.05) is 6.07 Å². The van der Waals surface area contributed by atoms with E-state index in [1.54, 1.807) is 22.8 Å². The fraction of sp³-hybridized carbons (Fsp3) is 0.643. The molecule has 0 radical (unpaired) electrons. The lowest BCUT2D eigenvalue weighted by Crippen LogP contribution is -2.35. The van der Waals surface area contributed by atoms with Crippen LogP contribution >= 0.6 is 0 Å². The van der Waals surface area contributed by atoms with Gasteiger partial charge in [0.25, 0.3) is 0 Å². The van der Waals surface area contributed by atoms with Gasteiger partial charge >= 0.3 is 0 Å². The molecule has 21 heavy (non-hydrogen) atoms. The Morgan fingerprint density at radius 1 is 1.43 bits per heavy atom. The molecule has 0 aliphatic carbocycles. The van der Waals surface area contributed by atoms with Crippen LogP contribution in [0.15, 0.2) is 24.5 Å². The summed E-state index contributed by atoms with van der Waals surface area (Å²) in [5, 5.41) is 0. The Balaban J connectivity index is 1.56. The Labute approximate surface area is 125 Å². The number of hydrogen-bond acceptors (Lipinski definition) is 5. The van der Waals surface area contributed by atoms with E-state index in [0.29, 0.717) is 32.1 Å². The van der Waals surface area contributed by atoms with Gasteiger partial charge in [-0.25, -0.2) is 8.42 Å². The van der Waals surface area contributed by atoms with Gasteiger partial charge in [-0.15, -0.1) is 0 Å². The van der Waals surface area contributed by atoms with Crippen LogP contribution in [-0.2, 0) is 14.8 Å². The van der Waals surface area contributed by atoms with Crippen molar-refractivity contribution in [2.45, 2.75) is 18.9 Å². The molecule has 0 bridgehead atoms. The largest absolute Gasteiger partial charge is 0.487 e. The number of nitrogens with zero attached hydrogens (tertiary/aromatic N) is 2. The van der Waals surface area contributed by atoms with Crippen molar-refractivity contribution < 1.29 is 17.9 Å². The van der Waals surface area contributed by atoms with E-state index >= 15 is 0 Å². The van der Waals surface area contributed by atoms with Crippen molar-refractivity contribution in [2.75, 3.05) is 32.1 Å². The quantitative estimate of drug-likeness (QED) is 0.808.